The molecule has 0 aliphatic rings. The third kappa shape index (κ3) is 6.49. The molecule has 0 atom stereocenters. The van der Waals surface area contributed by atoms with Gasteiger partial charge in [-0.3, -0.25) is 15.1 Å². The molecule has 0 fully saturated rings. The van der Waals surface area contributed by atoms with Gasteiger partial charge in [-0.05, 0) is 38.0 Å². The standard InChI is InChI=1S/C17H24N4O2/c1-4-17(2,3)21-15(20-12-18)11-13-6-5-7-14(10-13)16(23)19-8-9-22/h5-7,10,22H,4,8-9,11H2,1-3H3,(H,19,23)(H,20,21). The Bertz CT molecular complexity index is 603. The summed E-state index contributed by atoms with van der Waals surface area (Å²) in [6.07, 6.45) is 3.21. The van der Waals surface area contributed by atoms with Gasteiger partial charge in [0.2, 0.25) is 0 Å². The fraction of sp³-hybridized carbons (Fsp3) is 0.471. The minimum absolute atomic E-state index is 0.0968. The average Bonchev–Trinajstić information content (AvgIpc) is 2.52. The summed E-state index contributed by atoms with van der Waals surface area (Å²) in [5, 5.41) is 22.9. The van der Waals surface area contributed by atoms with Gasteiger partial charge < -0.3 is 10.4 Å². The molecular formula is C17H24N4O2. The molecule has 1 aromatic rings. The largest absolute Gasteiger partial charge is 0.395 e. The number of aliphatic imine (C=N–C) groups is 1. The van der Waals surface area contributed by atoms with Crippen LogP contribution in [0.15, 0.2) is 29.3 Å². The van der Waals surface area contributed by atoms with Gasteiger partial charge in [0.25, 0.3) is 5.91 Å². The van der Waals surface area contributed by atoms with E-state index in [0.717, 1.165) is 12.0 Å². The first-order chi connectivity index (χ1) is 10.9. The van der Waals surface area contributed by atoms with Crippen molar-refractivity contribution in [2.24, 2.45) is 4.99 Å². The van der Waals surface area contributed by atoms with Crippen LogP contribution in [0.1, 0.15) is 43.1 Å². The van der Waals surface area contributed by atoms with Gasteiger partial charge >= 0.3 is 0 Å². The molecule has 0 spiro atoms. The van der Waals surface area contributed by atoms with Gasteiger partial charge in [-0.25, -0.2) is 0 Å². The molecule has 0 aliphatic carbocycles. The SMILES string of the molecule is CCC(C)(C)N=C(Cc1cccc(C(=O)NCCO)c1)NC#N. The molecule has 0 aliphatic heterocycles. The highest BCUT2D eigenvalue weighted by Gasteiger charge is 2.15. The summed E-state index contributed by atoms with van der Waals surface area (Å²) in [4.78, 5) is 16.5. The fourth-order valence-electron chi connectivity index (χ4n) is 1.91. The number of rotatable bonds is 7. The number of nitrogens with one attached hydrogen (secondary N) is 2. The first-order valence-corrected chi connectivity index (χ1v) is 7.63. The molecule has 6 heteroatoms. The zero-order valence-corrected chi connectivity index (χ0v) is 13.9. The van der Waals surface area contributed by atoms with Crippen molar-refractivity contribution in [3.05, 3.63) is 35.4 Å². The lowest BCUT2D eigenvalue weighted by atomic mass is 10.0. The molecule has 0 bridgehead atoms. The molecule has 0 aromatic heterocycles. The van der Waals surface area contributed by atoms with E-state index >= 15 is 0 Å². The van der Waals surface area contributed by atoms with E-state index in [2.05, 4.69) is 15.6 Å². The van der Waals surface area contributed by atoms with Crippen molar-refractivity contribution in [2.75, 3.05) is 13.2 Å². The Hall–Kier alpha value is -2.39. The molecule has 1 aromatic carbocycles. The predicted octanol–water partition coefficient (Wildman–Crippen LogP) is 1.61. The quantitative estimate of drug-likeness (QED) is 0.308. The molecule has 23 heavy (non-hydrogen) atoms. The summed E-state index contributed by atoms with van der Waals surface area (Å²) in [5.41, 5.74) is 1.15. The van der Waals surface area contributed by atoms with E-state index in [1.807, 2.05) is 33.0 Å². The number of hydrogen-bond donors (Lipinski definition) is 3. The molecule has 1 amide bonds. The number of hydrogen-bond acceptors (Lipinski definition) is 4. The van der Waals surface area contributed by atoms with E-state index in [4.69, 9.17) is 10.4 Å². The summed E-state index contributed by atoms with van der Waals surface area (Å²) in [7, 11) is 0. The normalized spacial score (nSPS) is 11.7. The van der Waals surface area contributed by atoms with Crippen LogP contribution in [0.2, 0.25) is 0 Å². The van der Waals surface area contributed by atoms with Crippen LogP contribution in [0.25, 0.3) is 0 Å². The maximum absolute atomic E-state index is 11.9. The van der Waals surface area contributed by atoms with E-state index in [1.165, 1.54) is 0 Å². The van der Waals surface area contributed by atoms with E-state index in [-0.39, 0.29) is 24.6 Å². The smallest absolute Gasteiger partial charge is 0.251 e. The zero-order chi connectivity index (χ0) is 17.3. The maximum Gasteiger partial charge on any atom is 0.251 e. The van der Waals surface area contributed by atoms with Crippen molar-refractivity contribution in [2.45, 2.75) is 39.2 Å². The minimum Gasteiger partial charge on any atom is -0.395 e. The molecular weight excluding hydrogens is 292 g/mol. The number of amides is 1. The van der Waals surface area contributed by atoms with Crippen LogP contribution < -0.4 is 10.6 Å². The summed E-state index contributed by atoms with van der Waals surface area (Å²) < 4.78 is 0. The Labute approximate surface area is 137 Å². The Morgan fingerprint density at radius 3 is 2.78 bits per heavy atom. The Morgan fingerprint density at radius 1 is 1.43 bits per heavy atom. The summed E-state index contributed by atoms with van der Waals surface area (Å²) >= 11 is 0. The number of benzene rings is 1. The number of carbonyl (C=O) groups is 1. The second-order valence-electron chi connectivity index (χ2n) is 5.82. The van der Waals surface area contributed by atoms with Crippen LogP contribution in [0.5, 0.6) is 0 Å². The highest BCUT2D eigenvalue weighted by Crippen LogP contribution is 2.15. The Balaban J connectivity index is 2.93. The second-order valence-corrected chi connectivity index (χ2v) is 5.82. The van der Waals surface area contributed by atoms with Gasteiger partial charge in [-0.1, -0.05) is 19.1 Å². The Kier molecular flexibility index (Phi) is 7.23. The first-order valence-electron chi connectivity index (χ1n) is 7.63. The zero-order valence-electron chi connectivity index (χ0n) is 13.9. The molecule has 6 nitrogen and oxygen atoms in total. The lowest BCUT2D eigenvalue weighted by Crippen LogP contribution is -2.28. The third-order valence-corrected chi connectivity index (χ3v) is 3.46. The molecule has 0 unspecified atom stereocenters. The van der Waals surface area contributed by atoms with Crippen molar-refractivity contribution in [3.63, 3.8) is 0 Å². The topological polar surface area (TPSA) is 97.5 Å². The van der Waals surface area contributed by atoms with Crippen molar-refractivity contribution < 1.29 is 9.90 Å². The van der Waals surface area contributed by atoms with Crippen LogP contribution in [0, 0.1) is 11.5 Å². The molecule has 0 saturated carbocycles. The minimum atomic E-state index is -0.255. The second kappa shape index (κ2) is 8.91. The first kappa shape index (κ1) is 18.7. The molecule has 0 heterocycles. The van der Waals surface area contributed by atoms with Crippen molar-refractivity contribution in [1.29, 1.82) is 5.26 Å². The van der Waals surface area contributed by atoms with E-state index in [9.17, 15) is 4.79 Å². The van der Waals surface area contributed by atoms with Crippen molar-refractivity contribution in [3.8, 4) is 6.19 Å². The van der Waals surface area contributed by atoms with Crippen LogP contribution in [-0.2, 0) is 6.42 Å². The lowest BCUT2D eigenvalue weighted by Gasteiger charge is -2.19. The van der Waals surface area contributed by atoms with Crippen molar-refractivity contribution >= 4 is 11.7 Å². The number of aliphatic hydroxyl groups excluding tert-OH is 1. The number of nitrogens with zero attached hydrogens (tertiary/aromatic N) is 2. The van der Waals surface area contributed by atoms with Crippen LogP contribution in [-0.4, -0.2) is 35.5 Å². The molecule has 3 N–H and O–H groups in total. The van der Waals surface area contributed by atoms with Gasteiger partial charge in [0, 0.05) is 18.5 Å². The van der Waals surface area contributed by atoms with E-state index in [0.29, 0.717) is 17.8 Å². The maximum atomic E-state index is 11.9. The number of carbonyl (C=O) groups excluding carboxylic acids is 1. The van der Waals surface area contributed by atoms with Gasteiger partial charge in [0.1, 0.15) is 5.84 Å². The summed E-state index contributed by atoms with van der Waals surface area (Å²) in [5.74, 6) is 0.341. The van der Waals surface area contributed by atoms with Crippen LogP contribution in [0.3, 0.4) is 0 Å². The highest BCUT2D eigenvalue weighted by molar-refractivity contribution is 5.94. The average molecular weight is 316 g/mol. The van der Waals surface area contributed by atoms with E-state index in [1.54, 1.807) is 18.2 Å². The van der Waals surface area contributed by atoms with Gasteiger partial charge in [-0.2, -0.15) is 5.26 Å². The number of amidine groups is 1. The number of aliphatic hydroxyl groups is 1. The fourth-order valence-corrected chi connectivity index (χ4v) is 1.91. The van der Waals surface area contributed by atoms with Crippen LogP contribution in [0.4, 0.5) is 0 Å². The van der Waals surface area contributed by atoms with Crippen molar-refractivity contribution in [1.82, 2.24) is 10.6 Å². The molecule has 124 valence electrons. The molecule has 1 rings (SSSR count). The highest BCUT2D eigenvalue weighted by atomic mass is 16.3. The molecule has 0 saturated heterocycles. The monoisotopic (exact) mass is 316 g/mol. The third-order valence-electron chi connectivity index (χ3n) is 3.46. The van der Waals surface area contributed by atoms with Gasteiger partial charge in [0.15, 0.2) is 6.19 Å². The lowest BCUT2D eigenvalue weighted by molar-refractivity contribution is 0.0944. The predicted molar refractivity (Wildman–Crippen MR) is 90.1 cm³/mol. The van der Waals surface area contributed by atoms with Crippen LogP contribution >= 0.6 is 0 Å². The summed E-state index contributed by atoms with van der Waals surface area (Å²) in [6.45, 7) is 6.17. The summed E-state index contributed by atoms with van der Waals surface area (Å²) in [6, 6.07) is 7.15. The Morgan fingerprint density at radius 2 is 2.17 bits per heavy atom. The van der Waals surface area contributed by atoms with E-state index < -0.39 is 0 Å². The molecule has 0 radical (unpaired) electrons. The number of nitriles is 1. The van der Waals surface area contributed by atoms with Gasteiger partial charge in [0.05, 0.1) is 12.1 Å². The van der Waals surface area contributed by atoms with Gasteiger partial charge in [-0.15, -0.1) is 0 Å².